The topological polar surface area (TPSA) is 75.9 Å². The molecule has 3 aromatic rings. The van der Waals surface area contributed by atoms with Crippen molar-refractivity contribution in [2.75, 3.05) is 10.6 Å². The number of pyridine rings is 2. The molecular weight excluding hydrogens is 451 g/mol. The maximum atomic E-state index is 12.9. The first-order valence-electron chi connectivity index (χ1n) is 10.8. The Hall–Kier alpha value is -2.84. The zero-order valence-electron chi connectivity index (χ0n) is 17.9. The van der Waals surface area contributed by atoms with Crippen LogP contribution in [-0.2, 0) is 12.7 Å². The lowest BCUT2D eigenvalue weighted by Gasteiger charge is -2.27. The highest BCUT2D eigenvalue weighted by molar-refractivity contribution is 6.33. The molecule has 5 nitrogen and oxygen atoms in total. The number of nitrogens with zero attached hydrogens (tertiary/aromatic N) is 2. The van der Waals surface area contributed by atoms with Crippen LogP contribution in [0.2, 0.25) is 5.02 Å². The largest absolute Gasteiger partial charge is 0.416 e. The molecule has 0 radical (unpaired) electrons. The van der Waals surface area contributed by atoms with Gasteiger partial charge in [-0.1, -0.05) is 23.7 Å². The predicted molar refractivity (Wildman–Crippen MR) is 125 cm³/mol. The van der Waals surface area contributed by atoms with E-state index in [-0.39, 0.29) is 12.6 Å². The fourth-order valence-electron chi connectivity index (χ4n) is 3.96. The molecule has 33 heavy (non-hydrogen) atoms. The van der Waals surface area contributed by atoms with Crippen molar-refractivity contribution in [2.24, 2.45) is 5.73 Å². The summed E-state index contributed by atoms with van der Waals surface area (Å²) in [5, 5.41) is 7.06. The monoisotopic (exact) mass is 475 g/mol. The van der Waals surface area contributed by atoms with Gasteiger partial charge in [0.15, 0.2) is 0 Å². The van der Waals surface area contributed by atoms with E-state index in [4.69, 9.17) is 17.3 Å². The van der Waals surface area contributed by atoms with E-state index in [0.29, 0.717) is 22.4 Å². The van der Waals surface area contributed by atoms with Crippen LogP contribution in [0.5, 0.6) is 0 Å². The van der Waals surface area contributed by atoms with Gasteiger partial charge in [-0.2, -0.15) is 13.2 Å². The Morgan fingerprint density at radius 1 is 1.00 bits per heavy atom. The number of halogens is 4. The lowest BCUT2D eigenvalue weighted by atomic mass is 9.92. The zero-order chi connectivity index (χ0) is 23.4. The summed E-state index contributed by atoms with van der Waals surface area (Å²) in [7, 11) is 0. The molecule has 0 spiro atoms. The molecule has 0 atom stereocenters. The van der Waals surface area contributed by atoms with Crippen molar-refractivity contribution in [2.45, 2.75) is 50.5 Å². The number of hydrogen-bond donors (Lipinski definition) is 3. The van der Waals surface area contributed by atoms with Gasteiger partial charge in [-0.15, -0.1) is 0 Å². The molecule has 174 valence electrons. The minimum absolute atomic E-state index is 0.209. The van der Waals surface area contributed by atoms with E-state index in [2.05, 4.69) is 20.6 Å². The van der Waals surface area contributed by atoms with Gasteiger partial charge in [0.2, 0.25) is 0 Å². The van der Waals surface area contributed by atoms with Gasteiger partial charge in [-0.25, -0.2) is 9.97 Å². The van der Waals surface area contributed by atoms with Crippen LogP contribution in [0.25, 0.3) is 11.1 Å². The van der Waals surface area contributed by atoms with Crippen LogP contribution in [-0.4, -0.2) is 22.1 Å². The standard InChI is InChI=1S/C24H25ClF3N5/c25-21-14-32-23(33-19-6-4-18(29)5-7-19)12-20(21)16-8-9-30-22(11-16)31-13-15-2-1-3-17(10-15)24(26,27)28/h1-3,8-12,14,18-19H,4-7,13,29H2,(H,30,31)(H,32,33)/t18-,19-. The highest BCUT2D eigenvalue weighted by Crippen LogP contribution is 2.32. The molecule has 1 saturated carbocycles. The van der Waals surface area contributed by atoms with Crippen LogP contribution < -0.4 is 16.4 Å². The highest BCUT2D eigenvalue weighted by Gasteiger charge is 2.30. The minimum atomic E-state index is -4.37. The summed E-state index contributed by atoms with van der Waals surface area (Å²) in [6, 6.07) is 11.4. The van der Waals surface area contributed by atoms with Gasteiger partial charge in [0.25, 0.3) is 0 Å². The van der Waals surface area contributed by atoms with Gasteiger partial charge >= 0.3 is 6.18 Å². The van der Waals surface area contributed by atoms with E-state index in [9.17, 15) is 13.2 Å². The molecule has 0 bridgehead atoms. The summed E-state index contributed by atoms with van der Waals surface area (Å²) in [4.78, 5) is 8.69. The second kappa shape index (κ2) is 9.97. The quantitative estimate of drug-likeness (QED) is 0.401. The van der Waals surface area contributed by atoms with Crippen molar-refractivity contribution in [3.8, 4) is 11.1 Å². The molecule has 0 unspecified atom stereocenters. The summed E-state index contributed by atoms with van der Waals surface area (Å²) < 4.78 is 38.8. The molecule has 0 amide bonds. The van der Waals surface area contributed by atoms with Gasteiger partial charge in [0.1, 0.15) is 11.6 Å². The SMILES string of the molecule is N[C@H]1CC[C@H](Nc2cc(-c3ccnc(NCc4cccc(C(F)(F)F)c4)c3)c(Cl)cn2)CC1. The van der Waals surface area contributed by atoms with E-state index in [1.54, 1.807) is 18.5 Å². The molecule has 1 aromatic carbocycles. The van der Waals surface area contributed by atoms with Gasteiger partial charge in [0, 0.05) is 36.6 Å². The number of aromatic nitrogens is 2. The van der Waals surface area contributed by atoms with Crippen molar-refractivity contribution in [3.05, 3.63) is 71.0 Å². The van der Waals surface area contributed by atoms with E-state index in [1.807, 2.05) is 18.2 Å². The maximum absolute atomic E-state index is 12.9. The smallest absolute Gasteiger partial charge is 0.367 e. The Morgan fingerprint density at radius 3 is 2.55 bits per heavy atom. The van der Waals surface area contributed by atoms with Gasteiger partial charge in [0.05, 0.1) is 10.6 Å². The summed E-state index contributed by atoms with van der Waals surface area (Å²) in [5.41, 5.74) is 7.46. The summed E-state index contributed by atoms with van der Waals surface area (Å²) in [5.74, 6) is 1.28. The zero-order valence-corrected chi connectivity index (χ0v) is 18.6. The molecule has 1 aliphatic carbocycles. The normalized spacial score (nSPS) is 18.7. The number of nitrogens with two attached hydrogens (primary N) is 1. The lowest BCUT2D eigenvalue weighted by Crippen LogP contribution is -2.33. The van der Waals surface area contributed by atoms with Crippen LogP contribution in [0.3, 0.4) is 0 Å². The number of hydrogen-bond acceptors (Lipinski definition) is 5. The Kier molecular flexibility index (Phi) is 7.05. The molecular formula is C24H25ClF3N5. The van der Waals surface area contributed by atoms with E-state index in [0.717, 1.165) is 54.8 Å². The van der Waals surface area contributed by atoms with Crippen LogP contribution >= 0.6 is 11.6 Å². The third kappa shape index (κ3) is 6.15. The minimum Gasteiger partial charge on any atom is -0.367 e. The molecule has 2 heterocycles. The van der Waals surface area contributed by atoms with Crippen molar-refractivity contribution in [1.29, 1.82) is 0 Å². The summed E-state index contributed by atoms with van der Waals surface area (Å²) >= 11 is 6.42. The Morgan fingerprint density at radius 2 is 1.79 bits per heavy atom. The third-order valence-electron chi connectivity index (χ3n) is 5.78. The number of nitrogens with one attached hydrogen (secondary N) is 2. The second-order valence-corrected chi connectivity index (χ2v) is 8.69. The van der Waals surface area contributed by atoms with Crippen LogP contribution in [0.15, 0.2) is 54.9 Å². The van der Waals surface area contributed by atoms with Crippen LogP contribution in [0.1, 0.15) is 36.8 Å². The molecule has 4 rings (SSSR count). The van der Waals surface area contributed by atoms with Crippen molar-refractivity contribution in [3.63, 3.8) is 0 Å². The van der Waals surface area contributed by atoms with Gasteiger partial charge in [-0.05, 0) is 67.1 Å². The predicted octanol–water partition coefficient (Wildman–Crippen LogP) is 6.11. The first kappa shape index (κ1) is 23.3. The van der Waals surface area contributed by atoms with E-state index >= 15 is 0 Å². The van der Waals surface area contributed by atoms with Crippen LogP contribution in [0.4, 0.5) is 24.8 Å². The average Bonchev–Trinajstić information content (AvgIpc) is 2.80. The number of rotatable bonds is 6. The first-order valence-corrected chi connectivity index (χ1v) is 11.2. The molecule has 1 aliphatic rings. The summed E-state index contributed by atoms with van der Waals surface area (Å²) in [6.45, 7) is 0.209. The van der Waals surface area contributed by atoms with Crippen molar-refractivity contribution >= 4 is 23.2 Å². The Labute approximate surface area is 195 Å². The first-order chi connectivity index (χ1) is 15.8. The van der Waals surface area contributed by atoms with Crippen molar-refractivity contribution in [1.82, 2.24) is 9.97 Å². The number of benzene rings is 1. The van der Waals surface area contributed by atoms with Crippen molar-refractivity contribution < 1.29 is 13.2 Å². The number of alkyl halides is 3. The lowest BCUT2D eigenvalue weighted by molar-refractivity contribution is -0.137. The van der Waals surface area contributed by atoms with E-state index < -0.39 is 11.7 Å². The van der Waals surface area contributed by atoms with Gasteiger partial charge < -0.3 is 16.4 Å². The summed E-state index contributed by atoms with van der Waals surface area (Å²) in [6.07, 6.45) is 2.86. The molecule has 4 N–H and O–H groups in total. The maximum Gasteiger partial charge on any atom is 0.416 e. The average molecular weight is 476 g/mol. The van der Waals surface area contributed by atoms with Gasteiger partial charge in [-0.3, -0.25) is 0 Å². The highest BCUT2D eigenvalue weighted by atomic mass is 35.5. The fraction of sp³-hybridized carbons (Fsp3) is 0.333. The fourth-order valence-corrected chi connectivity index (χ4v) is 4.17. The molecule has 9 heteroatoms. The van der Waals surface area contributed by atoms with E-state index in [1.165, 1.54) is 6.07 Å². The molecule has 2 aromatic heterocycles. The molecule has 1 fully saturated rings. The third-order valence-corrected chi connectivity index (χ3v) is 6.08. The molecule has 0 aliphatic heterocycles. The van der Waals surface area contributed by atoms with Crippen LogP contribution in [0, 0.1) is 0 Å². The second-order valence-electron chi connectivity index (χ2n) is 8.29. The number of anilines is 2. The molecule has 0 saturated heterocycles. The Balaban J connectivity index is 1.47. The Bertz CT molecular complexity index is 1100.